The summed E-state index contributed by atoms with van der Waals surface area (Å²) in [4.78, 5) is 27.7. The number of pyridine rings is 1. The molecule has 0 spiro atoms. The molecule has 1 atom stereocenters. The van der Waals surface area contributed by atoms with Gasteiger partial charge >= 0.3 is 0 Å². The quantitative estimate of drug-likeness (QED) is 0.183. The summed E-state index contributed by atoms with van der Waals surface area (Å²) in [6, 6.07) is 24.2. The van der Waals surface area contributed by atoms with Crippen LogP contribution in [0.5, 0.6) is 0 Å². The molecule has 2 heterocycles. The van der Waals surface area contributed by atoms with E-state index in [2.05, 4.69) is 30.2 Å². The van der Waals surface area contributed by atoms with Gasteiger partial charge < -0.3 is 4.98 Å². The summed E-state index contributed by atoms with van der Waals surface area (Å²) < 4.78 is 0. The first-order valence-electron chi connectivity index (χ1n) is 9.49. The van der Waals surface area contributed by atoms with Crippen LogP contribution in [-0.4, -0.2) is 21.2 Å². The third-order valence-electron chi connectivity index (χ3n) is 4.10. The van der Waals surface area contributed by atoms with E-state index in [0.29, 0.717) is 11.0 Å². The van der Waals surface area contributed by atoms with Gasteiger partial charge in [-0.1, -0.05) is 60.3 Å². The van der Waals surface area contributed by atoms with Gasteiger partial charge in [-0.05, 0) is 35.4 Å². The van der Waals surface area contributed by atoms with Gasteiger partial charge in [0.1, 0.15) is 5.37 Å². The van der Waals surface area contributed by atoms with E-state index in [1.54, 1.807) is 18.6 Å². The molecule has 0 aliphatic carbocycles. The van der Waals surface area contributed by atoms with E-state index >= 15 is 0 Å². The lowest BCUT2D eigenvalue weighted by atomic mass is 10.2. The Morgan fingerprint density at radius 2 is 1.65 bits per heavy atom. The summed E-state index contributed by atoms with van der Waals surface area (Å²) in [6.07, 6.45) is 4.99. The number of aromatic amines is 1. The lowest BCUT2D eigenvalue weighted by molar-refractivity contribution is 0.892. The van der Waals surface area contributed by atoms with Crippen molar-refractivity contribution < 1.29 is 0 Å². The number of H-pyrrole nitrogens is 1. The molecule has 1 unspecified atom stereocenters. The van der Waals surface area contributed by atoms with Gasteiger partial charge in [-0.3, -0.25) is 9.78 Å². The number of rotatable bonds is 7. The fraction of sp³-hybridized carbons (Fsp3) is 0.0435. The molecule has 2 aromatic carbocycles. The van der Waals surface area contributed by atoms with Crippen molar-refractivity contribution in [3.63, 3.8) is 0 Å². The molecule has 31 heavy (non-hydrogen) atoms. The Kier molecular flexibility index (Phi) is 6.71. The Labute approximate surface area is 183 Å². The van der Waals surface area contributed by atoms with Crippen LogP contribution in [0.15, 0.2) is 116 Å². The summed E-state index contributed by atoms with van der Waals surface area (Å²) in [5.74, 6) is 0.315. The van der Waals surface area contributed by atoms with Gasteiger partial charge in [0.05, 0.1) is 5.69 Å². The summed E-state index contributed by atoms with van der Waals surface area (Å²) in [5.41, 5.74) is 2.28. The monoisotopic (exact) mass is 426 g/mol. The summed E-state index contributed by atoms with van der Waals surface area (Å²) in [7, 11) is 0. The van der Waals surface area contributed by atoms with Gasteiger partial charge in [-0.25, -0.2) is 9.98 Å². The second-order valence-corrected chi connectivity index (χ2v) is 7.45. The Balaban J connectivity index is 1.60. The Bertz CT molecular complexity index is 1230. The maximum atomic E-state index is 12.2. The predicted molar refractivity (Wildman–Crippen MR) is 122 cm³/mol. The lowest BCUT2D eigenvalue weighted by Gasteiger charge is -2.11. The van der Waals surface area contributed by atoms with Crippen LogP contribution >= 0.6 is 11.8 Å². The zero-order valence-corrected chi connectivity index (χ0v) is 17.2. The standard InChI is InChI=1S/C23H18N6OS/c30-21-15-20(25-16-17-11-13-24-14-12-17)26-23(27-21)31-22(18-7-3-1-4-8-18)29-28-19-9-5-2-6-10-19/h1-16,22H,(H,26,27,30)/b25-16-,29-28?. The molecule has 4 rings (SSSR count). The average Bonchev–Trinajstić information content (AvgIpc) is 2.82. The second kappa shape index (κ2) is 10.2. The zero-order chi connectivity index (χ0) is 21.3. The van der Waals surface area contributed by atoms with Gasteiger partial charge in [0.15, 0.2) is 11.0 Å². The second-order valence-electron chi connectivity index (χ2n) is 6.38. The molecule has 0 bridgehead atoms. The third-order valence-corrected chi connectivity index (χ3v) is 5.11. The van der Waals surface area contributed by atoms with Crippen molar-refractivity contribution in [3.05, 3.63) is 113 Å². The molecule has 4 aromatic rings. The van der Waals surface area contributed by atoms with Crippen LogP contribution in [0, 0.1) is 0 Å². The number of aromatic nitrogens is 3. The minimum absolute atomic E-state index is 0.286. The normalized spacial score (nSPS) is 12.4. The Hall–Kier alpha value is -3.91. The highest BCUT2D eigenvalue weighted by Crippen LogP contribution is 2.35. The van der Waals surface area contributed by atoms with E-state index < -0.39 is 0 Å². The zero-order valence-electron chi connectivity index (χ0n) is 16.4. The number of hydrogen-bond donors (Lipinski definition) is 1. The highest BCUT2D eigenvalue weighted by molar-refractivity contribution is 7.99. The van der Waals surface area contributed by atoms with Crippen LogP contribution in [0.1, 0.15) is 16.5 Å². The SMILES string of the molecule is O=c1cc(/N=C\c2ccncc2)nc(SC(N=Nc2ccccc2)c2ccccc2)[nH]1. The largest absolute Gasteiger partial charge is 0.301 e. The number of nitrogens with one attached hydrogen (secondary N) is 1. The van der Waals surface area contributed by atoms with Gasteiger partial charge in [-0.2, -0.15) is 10.2 Å². The van der Waals surface area contributed by atoms with E-state index in [-0.39, 0.29) is 10.9 Å². The van der Waals surface area contributed by atoms with E-state index in [1.165, 1.54) is 17.8 Å². The van der Waals surface area contributed by atoms with Crippen molar-refractivity contribution in [1.82, 2.24) is 15.0 Å². The number of nitrogens with zero attached hydrogens (tertiary/aromatic N) is 5. The third kappa shape index (κ3) is 6.03. The number of thioether (sulfide) groups is 1. The maximum Gasteiger partial charge on any atom is 0.253 e. The molecule has 0 saturated heterocycles. The molecule has 7 nitrogen and oxygen atoms in total. The maximum absolute atomic E-state index is 12.2. The first kappa shape index (κ1) is 20.4. The van der Waals surface area contributed by atoms with Crippen LogP contribution in [0.2, 0.25) is 0 Å². The Morgan fingerprint density at radius 3 is 2.39 bits per heavy atom. The summed E-state index contributed by atoms with van der Waals surface area (Å²) >= 11 is 1.30. The topological polar surface area (TPSA) is 95.7 Å². The molecule has 8 heteroatoms. The molecule has 152 valence electrons. The number of aliphatic imine (C=N–C) groups is 1. The van der Waals surface area contributed by atoms with Gasteiger partial charge in [-0.15, -0.1) is 0 Å². The number of azo groups is 1. The van der Waals surface area contributed by atoms with Crippen molar-refractivity contribution >= 4 is 29.5 Å². The molecule has 0 saturated carbocycles. The molecule has 0 amide bonds. The smallest absolute Gasteiger partial charge is 0.253 e. The highest BCUT2D eigenvalue weighted by Gasteiger charge is 2.14. The Morgan fingerprint density at radius 1 is 0.935 bits per heavy atom. The van der Waals surface area contributed by atoms with Gasteiger partial charge in [0.2, 0.25) is 0 Å². The van der Waals surface area contributed by atoms with Gasteiger partial charge in [0, 0.05) is 24.7 Å². The molecule has 0 fully saturated rings. The van der Waals surface area contributed by atoms with E-state index in [1.807, 2.05) is 72.8 Å². The molecule has 0 radical (unpaired) electrons. The predicted octanol–water partition coefficient (Wildman–Crippen LogP) is 5.49. The molecular formula is C23H18N6OS. The van der Waals surface area contributed by atoms with Crippen LogP contribution in [0.4, 0.5) is 11.5 Å². The van der Waals surface area contributed by atoms with Crippen molar-refractivity contribution in [2.75, 3.05) is 0 Å². The minimum atomic E-state index is -0.385. The fourth-order valence-corrected chi connectivity index (χ4v) is 3.54. The summed E-state index contributed by atoms with van der Waals surface area (Å²) in [5, 5.41) is 8.87. The molecule has 2 aromatic heterocycles. The molecule has 0 aliphatic heterocycles. The van der Waals surface area contributed by atoms with Crippen LogP contribution in [-0.2, 0) is 0 Å². The van der Waals surface area contributed by atoms with Crippen LogP contribution in [0.3, 0.4) is 0 Å². The molecule has 1 N–H and O–H groups in total. The van der Waals surface area contributed by atoms with E-state index in [0.717, 1.165) is 16.8 Å². The first-order valence-corrected chi connectivity index (χ1v) is 10.4. The van der Waals surface area contributed by atoms with Crippen molar-refractivity contribution in [3.8, 4) is 0 Å². The van der Waals surface area contributed by atoms with Crippen LogP contribution < -0.4 is 5.56 Å². The summed E-state index contributed by atoms with van der Waals surface area (Å²) in [6.45, 7) is 0. The van der Waals surface area contributed by atoms with Crippen molar-refractivity contribution in [1.29, 1.82) is 0 Å². The highest BCUT2D eigenvalue weighted by atomic mass is 32.2. The van der Waals surface area contributed by atoms with Crippen LogP contribution in [0.25, 0.3) is 0 Å². The lowest BCUT2D eigenvalue weighted by Crippen LogP contribution is -2.07. The van der Waals surface area contributed by atoms with Crippen molar-refractivity contribution in [2.45, 2.75) is 10.5 Å². The van der Waals surface area contributed by atoms with Gasteiger partial charge in [0.25, 0.3) is 5.56 Å². The first-order chi connectivity index (χ1) is 15.3. The fourth-order valence-electron chi connectivity index (χ4n) is 2.63. The molecular weight excluding hydrogens is 408 g/mol. The number of benzene rings is 2. The minimum Gasteiger partial charge on any atom is -0.301 e. The van der Waals surface area contributed by atoms with E-state index in [4.69, 9.17) is 0 Å². The van der Waals surface area contributed by atoms with Crippen molar-refractivity contribution in [2.24, 2.45) is 15.2 Å². The number of hydrogen-bond acceptors (Lipinski definition) is 7. The average molecular weight is 427 g/mol. The molecule has 0 aliphatic rings. The van der Waals surface area contributed by atoms with E-state index in [9.17, 15) is 4.79 Å².